The van der Waals surface area contributed by atoms with Crippen molar-refractivity contribution < 1.29 is 14.6 Å². The molecule has 0 unspecified atom stereocenters. The molecular formula is C17H30O3. The van der Waals surface area contributed by atoms with Crippen molar-refractivity contribution in [1.29, 1.82) is 0 Å². The molecule has 0 amide bonds. The van der Waals surface area contributed by atoms with Gasteiger partial charge in [-0.25, -0.2) is 0 Å². The smallest absolute Gasteiger partial charge is 0.306 e. The highest BCUT2D eigenvalue weighted by Crippen LogP contribution is 2.33. The van der Waals surface area contributed by atoms with Crippen molar-refractivity contribution in [1.82, 2.24) is 0 Å². The van der Waals surface area contributed by atoms with E-state index in [9.17, 15) is 4.79 Å². The van der Waals surface area contributed by atoms with Gasteiger partial charge in [-0.15, -0.1) is 0 Å². The number of hydrogen-bond acceptors (Lipinski definition) is 2. The molecule has 3 heteroatoms. The van der Waals surface area contributed by atoms with E-state index in [4.69, 9.17) is 9.84 Å². The molecule has 0 atom stereocenters. The monoisotopic (exact) mass is 282 g/mol. The van der Waals surface area contributed by atoms with Gasteiger partial charge in [0.15, 0.2) is 0 Å². The molecule has 0 aromatic heterocycles. The molecule has 0 aliphatic heterocycles. The van der Waals surface area contributed by atoms with Crippen molar-refractivity contribution in [3.05, 3.63) is 0 Å². The summed E-state index contributed by atoms with van der Waals surface area (Å²) in [6.45, 7) is 3.18. The molecule has 2 aliphatic rings. The van der Waals surface area contributed by atoms with Gasteiger partial charge in [0, 0.05) is 6.61 Å². The molecule has 0 aromatic carbocycles. The first-order valence-electron chi connectivity index (χ1n) is 8.53. The molecule has 2 saturated carbocycles. The van der Waals surface area contributed by atoms with Gasteiger partial charge in [0.25, 0.3) is 0 Å². The molecule has 3 nitrogen and oxygen atoms in total. The average Bonchev–Trinajstić information content (AvgIpc) is 2.47. The lowest BCUT2D eigenvalue weighted by Gasteiger charge is -2.31. The minimum absolute atomic E-state index is 0.126. The normalized spacial score (nSPS) is 34.9. The molecule has 2 aliphatic carbocycles. The molecule has 0 spiro atoms. The quantitative estimate of drug-likeness (QED) is 0.792. The van der Waals surface area contributed by atoms with Crippen LogP contribution in [0.2, 0.25) is 0 Å². The minimum atomic E-state index is -0.627. The van der Waals surface area contributed by atoms with Crippen LogP contribution in [0.3, 0.4) is 0 Å². The van der Waals surface area contributed by atoms with E-state index in [-0.39, 0.29) is 5.92 Å². The first kappa shape index (κ1) is 15.8. The van der Waals surface area contributed by atoms with Crippen LogP contribution < -0.4 is 0 Å². The summed E-state index contributed by atoms with van der Waals surface area (Å²) >= 11 is 0. The molecule has 0 bridgehead atoms. The van der Waals surface area contributed by atoms with E-state index in [0.29, 0.717) is 6.10 Å². The van der Waals surface area contributed by atoms with Gasteiger partial charge >= 0.3 is 5.97 Å². The second-order valence-electron chi connectivity index (χ2n) is 6.82. The molecule has 2 fully saturated rings. The fourth-order valence-electron chi connectivity index (χ4n) is 3.84. The number of carbonyl (C=O) groups is 1. The number of carboxylic acid groups (broad SMARTS) is 1. The Balaban J connectivity index is 1.59. The number of ether oxygens (including phenoxy) is 1. The van der Waals surface area contributed by atoms with E-state index >= 15 is 0 Å². The van der Waals surface area contributed by atoms with Crippen LogP contribution in [0, 0.1) is 17.8 Å². The Morgan fingerprint density at radius 1 is 1.00 bits per heavy atom. The maximum Gasteiger partial charge on any atom is 0.306 e. The lowest BCUT2D eigenvalue weighted by molar-refractivity contribution is -0.143. The van der Waals surface area contributed by atoms with Crippen LogP contribution in [-0.2, 0) is 9.53 Å². The van der Waals surface area contributed by atoms with Gasteiger partial charge in [-0.3, -0.25) is 4.79 Å². The third-order valence-corrected chi connectivity index (χ3v) is 5.25. The first-order valence-corrected chi connectivity index (χ1v) is 8.53. The van der Waals surface area contributed by atoms with Gasteiger partial charge in [-0.1, -0.05) is 32.6 Å². The molecule has 0 heterocycles. The van der Waals surface area contributed by atoms with E-state index in [2.05, 4.69) is 6.92 Å². The Morgan fingerprint density at radius 3 is 2.15 bits per heavy atom. The zero-order valence-corrected chi connectivity index (χ0v) is 12.9. The molecule has 0 saturated heterocycles. The van der Waals surface area contributed by atoms with Crippen molar-refractivity contribution >= 4 is 5.97 Å². The Labute approximate surface area is 123 Å². The standard InChI is InChI=1S/C17H30O3/c1-2-3-13-4-6-14(7-5-13)12-20-16-10-8-15(9-11-16)17(18)19/h13-16H,2-12H2,1H3,(H,18,19)/t13-,14-,15-,16-. The molecular weight excluding hydrogens is 252 g/mol. The predicted octanol–water partition coefficient (Wildman–Crippen LogP) is 4.25. The summed E-state index contributed by atoms with van der Waals surface area (Å²) in [4.78, 5) is 10.9. The zero-order chi connectivity index (χ0) is 14.4. The Kier molecular flexibility index (Phi) is 6.34. The predicted molar refractivity (Wildman–Crippen MR) is 79.7 cm³/mol. The highest BCUT2D eigenvalue weighted by molar-refractivity contribution is 5.70. The van der Waals surface area contributed by atoms with E-state index in [1.165, 1.54) is 38.5 Å². The van der Waals surface area contributed by atoms with E-state index in [0.717, 1.165) is 44.1 Å². The third kappa shape index (κ3) is 4.76. The fraction of sp³-hybridized carbons (Fsp3) is 0.941. The Morgan fingerprint density at radius 2 is 1.60 bits per heavy atom. The highest BCUT2D eigenvalue weighted by atomic mass is 16.5. The molecule has 0 aromatic rings. The highest BCUT2D eigenvalue weighted by Gasteiger charge is 2.27. The van der Waals surface area contributed by atoms with Crippen molar-refractivity contribution in [2.24, 2.45) is 17.8 Å². The first-order chi connectivity index (χ1) is 9.69. The second-order valence-corrected chi connectivity index (χ2v) is 6.82. The summed E-state index contributed by atoms with van der Waals surface area (Å²) in [5, 5.41) is 8.99. The summed E-state index contributed by atoms with van der Waals surface area (Å²) in [5.41, 5.74) is 0. The number of carboxylic acids is 1. The van der Waals surface area contributed by atoms with Crippen LogP contribution in [0.5, 0.6) is 0 Å². The molecule has 116 valence electrons. The maximum absolute atomic E-state index is 10.9. The number of aliphatic carboxylic acids is 1. The van der Waals surface area contributed by atoms with E-state index in [1.54, 1.807) is 0 Å². The molecule has 0 radical (unpaired) electrons. The second kappa shape index (κ2) is 8.02. The minimum Gasteiger partial charge on any atom is -0.481 e. The summed E-state index contributed by atoms with van der Waals surface area (Å²) in [7, 11) is 0. The average molecular weight is 282 g/mol. The van der Waals surface area contributed by atoms with Gasteiger partial charge in [-0.05, 0) is 50.4 Å². The van der Waals surface area contributed by atoms with Crippen molar-refractivity contribution in [3.8, 4) is 0 Å². The zero-order valence-electron chi connectivity index (χ0n) is 12.9. The van der Waals surface area contributed by atoms with Crippen LogP contribution in [-0.4, -0.2) is 23.8 Å². The summed E-state index contributed by atoms with van der Waals surface area (Å²) in [5.74, 6) is 0.958. The third-order valence-electron chi connectivity index (χ3n) is 5.25. The van der Waals surface area contributed by atoms with Crippen molar-refractivity contribution in [2.75, 3.05) is 6.61 Å². The largest absolute Gasteiger partial charge is 0.481 e. The van der Waals surface area contributed by atoms with Crippen molar-refractivity contribution in [2.45, 2.75) is 77.2 Å². The lowest BCUT2D eigenvalue weighted by Crippen LogP contribution is -2.28. The SMILES string of the molecule is CCC[C@H]1CC[C@H](CO[C@H]2CC[C@H](C(=O)O)CC2)CC1. The molecule has 2 rings (SSSR count). The van der Waals surface area contributed by atoms with Gasteiger partial charge in [-0.2, -0.15) is 0 Å². The Hall–Kier alpha value is -0.570. The summed E-state index contributed by atoms with van der Waals surface area (Å²) < 4.78 is 6.05. The van der Waals surface area contributed by atoms with Gasteiger partial charge < -0.3 is 9.84 Å². The molecule has 20 heavy (non-hydrogen) atoms. The maximum atomic E-state index is 10.9. The van der Waals surface area contributed by atoms with Crippen LogP contribution in [0.15, 0.2) is 0 Å². The van der Waals surface area contributed by atoms with Crippen LogP contribution in [0.4, 0.5) is 0 Å². The topological polar surface area (TPSA) is 46.5 Å². The van der Waals surface area contributed by atoms with E-state index in [1.807, 2.05) is 0 Å². The van der Waals surface area contributed by atoms with Crippen molar-refractivity contribution in [3.63, 3.8) is 0 Å². The number of hydrogen-bond donors (Lipinski definition) is 1. The van der Waals surface area contributed by atoms with Crippen LogP contribution >= 0.6 is 0 Å². The van der Waals surface area contributed by atoms with Gasteiger partial charge in [0.2, 0.25) is 0 Å². The summed E-state index contributed by atoms with van der Waals surface area (Å²) in [6.07, 6.45) is 11.9. The number of rotatable bonds is 6. The fourth-order valence-corrected chi connectivity index (χ4v) is 3.84. The van der Waals surface area contributed by atoms with Gasteiger partial charge in [0.05, 0.1) is 12.0 Å². The van der Waals surface area contributed by atoms with Crippen LogP contribution in [0.25, 0.3) is 0 Å². The molecule has 1 N–H and O–H groups in total. The Bertz CT molecular complexity index is 287. The summed E-state index contributed by atoms with van der Waals surface area (Å²) in [6, 6.07) is 0. The van der Waals surface area contributed by atoms with E-state index < -0.39 is 5.97 Å². The lowest BCUT2D eigenvalue weighted by atomic mass is 9.80. The van der Waals surface area contributed by atoms with Crippen LogP contribution in [0.1, 0.15) is 71.1 Å². The van der Waals surface area contributed by atoms with Gasteiger partial charge in [0.1, 0.15) is 0 Å².